The summed E-state index contributed by atoms with van der Waals surface area (Å²) in [5.41, 5.74) is 1.99. The number of aryl methyl sites for hydroxylation is 1. The first-order valence-electron chi connectivity index (χ1n) is 7.60. The number of benzene rings is 2. The van der Waals surface area contributed by atoms with Crippen molar-refractivity contribution in [3.63, 3.8) is 0 Å². The van der Waals surface area contributed by atoms with Crippen molar-refractivity contribution in [3.05, 3.63) is 47.5 Å². The van der Waals surface area contributed by atoms with Gasteiger partial charge >= 0.3 is 0 Å². The summed E-state index contributed by atoms with van der Waals surface area (Å²) in [6.45, 7) is 5.06. The van der Waals surface area contributed by atoms with E-state index in [1.165, 1.54) is 12.0 Å². The highest BCUT2D eigenvalue weighted by Gasteiger charge is 2.20. The van der Waals surface area contributed by atoms with Crippen LogP contribution in [-0.4, -0.2) is 37.5 Å². The molecule has 0 unspecified atom stereocenters. The maximum absolute atomic E-state index is 12.5. The Morgan fingerprint density at radius 3 is 2.71 bits per heavy atom. The van der Waals surface area contributed by atoms with Crippen LogP contribution in [-0.2, 0) is 0 Å². The fraction of sp³-hybridized carbons (Fsp3) is 0.389. The number of rotatable bonds is 3. The van der Waals surface area contributed by atoms with Gasteiger partial charge in [0, 0.05) is 18.7 Å². The minimum Gasteiger partial charge on any atom is -0.352 e. The van der Waals surface area contributed by atoms with Gasteiger partial charge in [-0.3, -0.25) is 4.79 Å². The Morgan fingerprint density at radius 2 is 2.00 bits per heavy atom. The van der Waals surface area contributed by atoms with E-state index in [0.717, 1.165) is 36.0 Å². The molecule has 1 saturated heterocycles. The fourth-order valence-electron chi connectivity index (χ4n) is 3.17. The van der Waals surface area contributed by atoms with Crippen LogP contribution >= 0.6 is 0 Å². The van der Waals surface area contributed by atoms with Crippen LogP contribution in [0.4, 0.5) is 0 Å². The van der Waals surface area contributed by atoms with E-state index in [1.54, 1.807) is 0 Å². The second kappa shape index (κ2) is 5.86. The van der Waals surface area contributed by atoms with Crippen molar-refractivity contribution in [3.8, 4) is 0 Å². The van der Waals surface area contributed by atoms with Crippen molar-refractivity contribution in [2.24, 2.45) is 5.92 Å². The quantitative estimate of drug-likeness (QED) is 0.939. The molecule has 0 bridgehead atoms. The molecule has 1 amide bonds. The van der Waals surface area contributed by atoms with E-state index in [2.05, 4.69) is 30.3 Å². The van der Waals surface area contributed by atoms with Gasteiger partial charge in [-0.15, -0.1) is 0 Å². The normalized spacial score (nSPS) is 19.0. The first kappa shape index (κ1) is 14.1. The minimum absolute atomic E-state index is 0.0424. The summed E-state index contributed by atoms with van der Waals surface area (Å²) in [5, 5.41) is 5.31. The van der Waals surface area contributed by atoms with E-state index in [9.17, 15) is 4.79 Å². The number of carbonyl (C=O) groups is 1. The van der Waals surface area contributed by atoms with E-state index in [1.807, 2.05) is 30.3 Å². The standard InChI is InChI=1S/C18H22N2O/c1-13-7-8-17(16-6-4-3-5-15(13)16)18(21)19-11-14-9-10-20(2)12-14/h3-8,14H,9-12H2,1-2H3,(H,19,21)/t14-/m0/s1. The van der Waals surface area contributed by atoms with E-state index >= 15 is 0 Å². The predicted molar refractivity (Wildman–Crippen MR) is 86.6 cm³/mol. The molecule has 2 aromatic carbocycles. The van der Waals surface area contributed by atoms with Crippen LogP contribution in [0.2, 0.25) is 0 Å². The SMILES string of the molecule is Cc1ccc(C(=O)NC[C@@H]2CCN(C)C2)c2ccccc12. The van der Waals surface area contributed by atoms with Crippen molar-refractivity contribution in [2.75, 3.05) is 26.7 Å². The predicted octanol–water partition coefficient (Wildman–Crippen LogP) is 2.83. The summed E-state index contributed by atoms with van der Waals surface area (Å²) < 4.78 is 0. The molecular formula is C18H22N2O. The lowest BCUT2D eigenvalue weighted by Crippen LogP contribution is -2.30. The second-order valence-corrected chi connectivity index (χ2v) is 6.10. The Bertz CT molecular complexity index is 665. The Labute approximate surface area is 125 Å². The van der Waals surface area contributed by atoms with Crippen molar-refractivity contribution in [1.82, 2.24) is 10.2 Å². The van der Waals surface area contributed by atoms with Crippen LogP contribution < -0.4 is 5.32 Å². The van der Waals surface area contributed by atoms with Crippen LogP contribution in [0, 0.1) is 12.8 Å². The van der Waals surface area contributed by atoms with Gasteiger partial charge in [-0.05, 0) is 55.3 Å². The lowest BCUT2D eigenvalue weighted by molar-refractivity contribution is 0.0949. The number of likely N-dealkylation sites (tertiary alicyclic amines) is 1. The molecule has 2 aromatic rings. The van der Waals surface area contributed by atoms with Gasteiger partial charge in [-0.2, -0.15) is 0 Å². The molecule has 0 radical (unpaired) electrons. The highest BCUT2D eigenvalue weighted by Crippen LogP contribution is 2.22. The molecule has 1 aliphatic heterocycles. The van der Waals surface area contributed by atoms with Crippen LogP contribution in [0.25, 0.3) is 10.8 Å². The van der Waals surface area contributed by atoms with E-state index in [-0.39, 0.29) is 5.91 Å². The molecule has 1 fully saturated rings. The molecule has 0 saturated carbocycles. The molecule has 0 spiro atoms. The number of hydrogen-bond donors (Lipinski definition) is 1. The zero-order chi connectivity index (χ0) is 14.8. The Hall–Kier alpha value is -1.87. The van der Waals surface area contributed by atoms with Crippen LogP contribution in [0.5, 0.6) is 0 Å². The molecule has 3 heteroatoms. The molecule has 1 heterocycles. The highest BCUT2D eigenvalue weighted by atomic mass is 16.1. The van der Waals surface area contributed by atoms with Gasteiger partial charge in [-0.25, -0.2) is 0 Å². The molecule has 1 N–H and O–H groups in total. The van der Waals surface area contributed by atoms with Crippen LogP contribution in [0.15, 0.2) is 36.4 Å². The summed E-state index contributed by atoms with van der Waals surface area (Å²) in [4.78, 5) is 14.8. The average Bonchev–Trinajstić information content (AvgIpc) is 2.91. The monoisotopic (exact) mass is 282 g/mol. The third kappa shape index (κ3) is 2.93. The van der Waals surface area contributed by atoms with Crippen molar-refractivity contribution in [1.29, 1.82) is 0 Å². The Morgan fingerprint density at radius 1 is 1.24 bits per heavy atom. The van der Waals surface area contributed by atoms with Gasteiger partial charge in [-0.1, -0.05) is 30.3 Å². The lowest BCUT2D eigenvalue weighted by Gasteiger charge is -2.13. The van der Waals surface area contributed by atoms with Crippen molar-refractivity contribution < 1.29 is 4.79 Å². The first-order chi connectivity index (χ1) is 10.1. The molecule has 1 atom stereocenters. The smallest absolute Gasteiger partial charge is 0.251 e. The van der Waals surface area contributed by atoms with Crippen molar-refractivity contribution in [2.45, 2.75) is 13.3 Å². The van der Waals surface area contributed by atoms with Gasteiger partial charge in [0.25, 0.3) is 5.91 Å². The summed E-state index contributed by atoms with van der Waals surface area (Å²) >= 11 is 0. The number of amides is 1. The number of fused-ring (bicyclic) bond motifs is 1. The van der Waals surface area contributed by atoms with Crippen LogP contribution in [0.1, 0.15) is 22.3 Å². The zero-order valence-electron chi connectivity index (χ0n) is 12.7. The second-order valence-electron chi connectivity index (χ2n) is 6.10. The number of hydrogen-bond acceptors (Lipinski definition) is 2. The molecule has 110 valence electrons. The molecule has 3 rings (SSSR count). The van der Waals surface area contributed by atoms with E-state index in [4.69, 9.17) is 0 Å². The topological polar surface area (TPSA) is 32.3 Å². The Kier molecular flexibility index (Phi) is 3.93. The van der Waals surface area contributed by atoms with Crippen molar-refractivity contribution >= 4 is 16.7 Å². The summed E-state index contributed by atoms with van der Waals surface area (Å²) in [5.74, 6) is 0.622. The summed E-state index contributed by atoms with van der Waals surface area (Å²) in [7, 11) is 2.13. The fourth-order valence-corrected chi connectivity index (χ4v) is 3.17. The third-order valence-corrected chi connectivity index (χ3v) is 4.43. The molecule has 0 aliphatic carbocycles. The highest BCUT2D eigenvalue weighted by molar-refractivity contribution is 6.07. The van der Waals surface area contributed by atoms with Gasteiger partial charge in [0.15, 0.2) is 0 Å². The maximum Gasteiger partial charge on any atom is 0.251 e. The lowest BCUT2D eigenvalue weighted by atomic mass is 9.99. The molecule has 3 nitrogen and oxygen atoms in total. The van der Waals surface area contributed by atoms with Gasteiger partial charge in [0.1, 0.15) is 0 Å². The molecule has 21 heavy (non-hydrogen) atoms. The van der Waals surface area contributed by atoms with E-state index in [0.29, 0.717) is 5.92 Å². The maximum atomic E-state index is 12.5. The third-order valence-electron chi connectivity index (χ3n) is 4.43. The number of nitrogens with one attached hydrogen (secondary N) is 1. The Balaban J connectivity index is 1.77. The number of carbonyl (C=O) groups excluding carboxylic acids is 1. The molecule has 1 aliphatic rings. The van der Waals surface area contributed by atoms with E-state index < -0.39 is 0 Å². The first-order valence-corrected chi connectivity index (χ1v) is 7.60. The van der Waals surface area contributed by atoms with Gasteiger partial charge < -0.3 is 10.2 Å². The zero-order valence-corrected chi connectivity index (χ0v) is 12.7. The molecule has 0 aromatic heterocycles. The largest absolute Gasteiger partial charge is 0.352 e. The van der Waals surface area contributed by atoms with Gasteiger partial charge in [0.05, 0.1) is 0 Å². The summed E-state index contributed by atoms with van der Waals surface area (Å²) in [6.07, 6.45) is 1.17. The average molecular weight is 282 g/mol. The van der Waals surface area contributed by atoms with Crippen LogP contribution in [0.3, 0.4) is 0 Å². The molecular weight excluding hydrogens is 260 g/mol. The minimum atomic E-state index is 0.0424. The summed E-state index contributed by atoms with van der Waals surface area (Å²) in [6, 6.07) is 12.1. The van der Waals surface area contributed by atoms with Gasteiger partial charge in [0.2, 0.25) is 0 Å². The number of nitrogens with zero attached hydrogens (tertiary/aromatic N) is 1.